The Morgan fingerprint density at radius 3 is 2.62 bits per heavy atom. The second-order valence-electron chi connectivity index (χ2n) is 5.68. The molecule has 1 amide bonds. The SMILES string of the molecule is CCN(CC)S(=O)(=O)c1ccc(OC)c(NC(=O)CSc2nnc(CSC)o2)c1. The van der Waals surface area contributed by atoms with Crippen LogP contribution in [0.25, 0.3) is 0 Å². The average Bonchev–Trinajstić information content (AvgIpc) is 3.15. The number of carbonyl (C=O) groups is 1. The Morgan fingerprint density at radius 1 is 1.28 bits per heavy atom. The molecule has 0 spiro atoms. The van der Waals surface area contributed by atoms with Crippen molar-refractivity contribution in [2.24, 2.45) is 0 Å². The maximum atomic E-state index is 12.7. The summed E-state index contributed by atoms with van der Waals surface area (Å²) in [6.07, 6.45) is 1.92. The third-order valence-electron chi connectivity index (χ3n) is 3.83. The van der Waals surface area contributed by atoms with Gasteiger partial charge in [0.1, 0.15) is 5.75 Å². The van der Waals surface area contributed by atoms with Crippen molar-refractivity contribution in [2.45, 2.75) is 29.7 Å². The van der Waals surface area contributed by atoms with Crippen LogP contribution in [0.1, 0.15) is 19.7 Å². The number of anilines is 1. The highest BCUT2D eigenvalue weighted by Crippen LogP contribution is 2.29. The second-order valence-corrected chi connectivity index (χ2v) is 9.41. The molecule has 0 saturated carbocycles. The monoisotopic (exact) mass is 460 g/mol. The Bertz CT molecular complexity index is 929. The summed E-state index contributed by atoms with van der Waals surface area (Å²) in [7, 11) is -2.21. The van der Waals surface area contributed by atoms with Gasteiger partial charge in [0.25, 0.3) is 5.22 Å². The fourth-order valence-electron chi connectivity index (χ4n) is 2.45. The van der Waals surface area contributed by atoms with Crippen LogP contribution in [0.5, 0.6) is 5.75 Å². The van der Waals surface area contributed by atoms with Gasteiger partial charge in [0.05, 0.1) is 29.2 Å². The molecule has 0 bridgehead atoms. The van der Waals surface area contributed by atoms with Gasteiger partial charge in [-0.1, -0.05) is 25.6 Å². The summed E-state index contributed by atoms with van der Waals surface area (Å²) < 4.78 is 37.5. The van der Waals surface area contributed by atoms with E-state index in [0.717, 1.165) is 11.8 Å². The summed E-state index contributed by atoms with van der Waals surface area (Å²) >= 11 is 2.66. The van der Waals surface area contributed by atoms with Gasteiger partial charge in [-0.15, -0.1) is 10.2 Å². The second kappa shape index (κ2) is 10.9. The van der Waals surface area contributed by atoms with E-state index in [2.05, 4.69) is 15.5 Å². The summed E-state index contributed by atoms with van der Waals surface area (Å²) in [6.45, 7) is 4.25. The molecule has 1 heterocycles. The van der Waals surface area contributed by atoms with Gasteiger partial charge >= 0.3 is 0 Å². The van der Waals surface area contributed by atoms with Crippen LogP contribution < -0.4 is 10.1 Å². The van der Waals surface area contributed by atoms with Crippen LogP contribution in [0.2, 0.25) is 0 Å². The molecule has 0 aliphatic heterocycles. The minimum Gasteiger partial charge on any atom is -0.495 e. The topological polar surface area (TPSA) is 115 Å². The molecule has 160 valence electrons. The maximum Gasteiger partial charge on any atom is 0.277 e. The lowest BCUT2D eigenvalue weighted by molar-refractivity contribution is -0.113. The van der Waals surface area contributed by atoms with Crippen molar-refractivity contribution in [3.63, 3.8) is 0 Å². The predicted octanol–water partition coefficient (Wildman–Crippen LogP) is 2.70. The number of carbonyl (C=O) groups excluding carboxylic acids is 1. The number of rotatable bonds is 11. The minimum atomic E-state index is -3.66. The highest BCUT2D eigenvalue weighted by atomic mass is 32.2. The van der Waals surface area contributed by atoms with Crippen molar-refractivity contribution in [1.29, 1.82) is 0 Å². The molecule has 0 fully saturated rings. The zero-order valence-electron chi connectivity index (χ0n) is 16.7. The summed E-state index contributed by atoms with van der Waals surface area (Å²) in [6, 6.07) is 4.38. The van der Waals surface area contributed by atoms with E-state index in [-0.39, 0.29) is 22.2 Å². The minimum absolute atomic E-state index is 0.0249. The van der Waals surface area contributed by atoms with Gasteiger partial charge in [-0.2, -0.15) is 16.1 Å². The molecule has 1 aromatic heterocycles. The number of methoxy groups -OCH3 is 1. The van der Waals surface area contributed by atoms with Crippen LogP contribution >= 0.6 is 23.5 Å². The first kappa shape index (κ1) is 23.5. The molecule has 2 aromatic rings. The predicted molar refractivity (Wildman–Crippen MR) is 114 cm³/mol. The lowest BCUT2D eigenvalue weighted by Crippen LogP contribution is -2.30. The van der Waals surface area contributed by atoms with Crippen LogP contribution in [0.3, 0.4) is 0 Å². The van der Waals surface area contributed by atoms with E-state index in [1.54, 1.807) is 25.6 Å². The fraction of sp³-hybridized carbons (Fsp3) is 0.471. The van der Waals surface area contributed by atoms with E-state index in [1.807, 2.05) is 6.26 Å². The van der Waals surface area contributed by atoms with E-state index in [9.17, 15) is 13.2 Å². The molecule has 0 radical (unpaired) electrons. The molecule has 2 rings (SSSR count). The first-order valence-electron chi connectivity index (χ1n) is 8.77. The van der Waals surface area contributed by atoms with Crippen molar-refractivity contribution < 1.29 is 22.4 Å². The van der Waals surface area contributed by atoms with Gasteiger partial charge in [0.15, 0.2) is 0 Å². The number of hydrogen-bond acceptors (Lipinski definition) is 9. The molecule has 0 aliphatic carbocycles. The summed E-state index contributed by atoms with van der Waals surface area (Å²) in [5, 5.41) is 10.8. The van der Waals surface area contributed by atoms with Crippen molar-refractivity contribution in [3.05, 3.63) is 24.1 Å². The molecule has 9 nitrogen and oxygen atoms in total. The molecule has 1 aromatic carbocycles. The molecule has 12 heteroatoms. The molecule has 0 unspecified atom stereocenters. The smallest absolute Gasteiger partial charge is 0.277 e. The van der Waals surface area contributed by atoms with E-state index >= 15 is 0 Å². The van der Waals surface area contributed by atoms with Crippen LogP contribution in [-0.4, -0.2) is 61.0 Å². The van der Waals surface area contributed by atoms with E-state index in [1.165, 1.54) is 29.6 Å². The highest BCUT2D eigenvalue weighted by molar-refractivity contribution is 7.99. The zero-order valence-corrected chi connectivity index (χ0v) is 19.1. The number of ether oxygens (including phenoxy) is 1. The van der Waals surface area contributed by atoms with Crippen LogP contribution in [0.15, 0.2) is 32.7 Å². The molecular weight excluding hydrogens is 436 g/mol. The number of benzene rings is 1. The Kier molecular flexibility index (Phi) is 8.80. The third kappa shape index (κ3) is 6.11. The number of amides is 1. The van der Waals surface area contributed by atoms with Gasteiger partial charge < -0.3 is 14.5 Å². The molecule has 1 N–H and O–H groups in total. The Morgan fingerprint density at radius 2 is 2.00 bits per heavy atom. The summed E-state index contributed by atoms with van der Waals surface area (Å²) in [5.41, 5.74) is 0.278. The maximum absolute atomic E-state index is 12.7. The number of hydrogen-bond donors (Lipinski definition) is 1. The van der Waals surface area contributed by atoms with Crippen molar-refractivity contribution in [2.75, 3.05) is 37.5 Å². The average molecular weight is 461 g/mol. The first-order valence-corrected chi connectivity index (χ1v) is 12.6. The van der Waals surface area contributed by atoms with Crippen LogP contribution in [0.4, 0.5) is 5.69 Å². The van der Waals surface area contributed by atoms with E-state index < -0.39 is 10.0 Å². The number of thioether (sulfide) groups is 2. The Labute approximate surface area is 179 Å². The van der Waals surface area contributed by atoms with Crippen molar-refractivity contribution in [3.8, 4) is 5.75 Å². The largest absolute Gasteiger partial charge is 0.495 e. The Hall–Kier alpha value is -1.76. The summed E-state index contributed by atoms with van der Waals surface area (Å²) in [5.74, 6) is 1.13. The molecule has 0 atom stereocenters. The highest BCUT2D eigenvalue weighted by Gasteiger charge is 2.23. The normalized spacial score (nSPS) is 11.6. The molecular formula is C17H24N4O5S3. The zero-order chi connectivity index (χ0) is 21.4. The number of nitrogens with one attached hydrogen (secondary N) is 1. The molecule has 29 heavy (non-hydrogen) atoms. The van der Waals surface area contributed by atoms with Gasteiger partial charge in [-0.05, 0) is 24.5 Å². The molecule has 0 saturated heterocycles. The lowest BCUT2D eigenvalue weighted by Gasteiger charge is -2.19. The fourth-order valence-corrected chi connectivity index (χ4v) is 4.88. The number of aromatic nitrogens is 2. The first-order chi connectivity index (χ1) is 13.8. The van der Waals surface area contributed by atoms with Gasteiger partial charge in [0.2, 0.25) is 21.8 Å². The van der Waals surface area contributed by atoms with Crippen molar-refractivity contribution >= 4 is 45.1 Å². The van der Waals surface area contributed by atoms with Crippen molar-refractivity contribution in [1.82, 2.24) is 14.5 Å². The van der Waals surface area contributed by atoms with E-state index in [0.29, 0.717) is 35.7 Å². The van der Waals surface area contributed by atoms with Gasteiger partial charge in [-0.25, -0.2) is 8.42 Å². The summed E-state index contributed by atoms with van der Waals surface area (Å²) in [4.78, 5) is 12.4. The standard InChI is InChI=1S/C17H24N4O5S3/c1-5-21(6-2)29(23,24)12-7-8-14(25-3)13(9-12)18-15(22)10-28-17-20-19-16(26-17)11-27-4/h7-9H,5-6,10-11H2,1-4H3,(H,18,22). The van der Waals surface area contributed by atoms with Crippen LogP contribution in [0, 0.1) is 0 Å². The Balaban J connectivity index is 2.12. The third-order valence-corrected chi connectivity index (χ3v) is 7.23. The van der Waals surface area contributed by atoms with Crippen LogP contribution in [-0.2, 0) is 20.6 Å². The quantitative estimate of drug-likeness (QED) is 0.505. The lowest BCUT2D eigenvalue weighted by atomic mass is 10.3. The molecule has 0 aliphatic rings. The van der Waals surface area contributed by atoms with E-state index in [4.69, 9.17) is 9.15 Å². The van der Waals surface area contributed by atoms with Gasteiger partial charge in [0, 0.05) is 13.1 Å². The van der Waals surface area contributed by atoms with Gasteiger partial charge in [-0.3, -0.25) is 4.79 Å². The number of sulfonamides is 1. The number of nitrogens with zero attached hydrogens (tertiary/aromatic N) is 3.